The number of thioether (sulfide) groups is 1. The van der Waals surface area contributed by atoms with E-state index in [2.05, 4.69) is 0 Å². The predicted octanol–water partition coefficient (Wildman–Crippen LogP) is 3.34. The molecule has 2 nitrogen and oxygen atoms in total. The molecule has 1 aromatic carbocycles. The van der Waals surface area contributed by atoms with Gasteiger partial charge in [-0.15, -0.1) is 11.8 Å². The maximum absolute atomic E-state index is 11.4. The first-order valence-electron chi connectivity index (χ1n) is 5.51. The Balaban J connectivity index is 2.17. The van der Waals surface area contributed by atoms with Gasteiger partial charge in [0.1, 0.15) is 4.75 Å². The van der Waals surface area contributed by atoms with E-state index in [0.29, 0.717) is 5.92 Å². The fourth-order valence-electron chi connectivity index (χ4n) is 1.79. The van der Waals surface area contributed by atoms with Crippen molar-refractivity contribution in [3.05, 3.63) is 29.8 Å². The van der Waals surface area contributed by atoms with Gasteiger partial charge >= 0.3 is 5.97 Å². The molecular formula is C13H16O2S. The monoisotopic (exact) mass is 236 g/mol. The third kappa shape index (κ3) is 2.24. The minimum Gasteiger partial charge on any atom is -0.480 e. The molecule has 2 rings (SSSR count). The Kier molecular flexibility index (Phi) is 2.98. The van der Waals surface area contributed by atoms with Gasteiger partial charge in [-0.05, 0) is 44.7 Å². The molecule has 1 atom stereocenters. The van der Waals surface area contributed by atoms with E-state index in [-0.39, 0.29) is 0 Å². The highest BCUT2D eigenvalue weighted by molar-refractivity contribution is 8.01. The molecule has 0 heterocycles. The number of rotatable bonds is 4. The normalized spacial score (nSPS) is 19.1. The SMILES string of the molecule is Cc1ccc(SC(C)(C(=O)O)C2CC2)cc1. The fraction of sp³-hybridized carbons (Fsp3) is 0.462. The van der Waals surface area contributed by atoms with Crippen LogP contribution in [0.4, 0.5) is 0 Å². The van der Waals surface area contributed by atoms with Crippen molar-refractivity contribution >= 4 is 17.7 Å². The van der Waals surface area contributed by atoms with Crippen LogP contribution in [0.2, 0.25) is 0 Å². The lowest BCUT2D eigenvalue weighted by molar-refractivity contribution is -0.139. The highest BCUT2D eigenvalue weighted by Gasteiger charge is 2.48. The molecular weight excluding hydrogens is 220 g/mol. The van der Waals surface area contributed by atoms with Crippen LogP contribution in [0, 0.1) is 12.8 Å². The van der Waals surface area contributed by atoms with Crippen LogP contribution in [-0.4, -0.2) is 15.8 Å². The summed E-state index contributed by atoms with van der Waals surface area (Å²) in [6.45, 7) is 3.88. The van der Waals surface area contributed by atoms with Crippen LogP contribution >= 0.6 is 11.8 Å². The second kappa shape index (κ2) is 4.13. The molecule has 1 N–H and O–H groups in total. The van der Waals surface area contributed by atoms with Crippen molar-refractivity contribution in [1.29, 1.82) is 0 Å². The van der Waals surface area contributed by atoms with E-state index in [0.717, 1.165) is 17.7 Å². The molecule has 0 radical (unpaired) electrons. The third-order valence-corrected chi connectivity index (χ3v) is 4.57. The molecule has 0 spiro atoms. The Morgan fingerprint density at radius 3 is 2.38 bits per heavy atom. The van der Waals surface area contributed by atoms with E-state index in [1.165, 1.54) is 17.3 Å². The molecule has 0 amide bonds. The first-order valence-corrected chi connectivity index (χ1v) is 6.33. The lowest BCUT2D eigenvalue weighted by Gasteiger charge is -2.23. The molecule has 0 aliphatic heterocycles. The highest BCUT2D eigenvalue weighted by atomic mass is 32.2. The Hall–Kier alpha value is -0.960. The summed E-state index contributed by atoms with van der Waals surface area (Å²) in [4.78, 5) is 12.4. The highest BCUT2D eigenvalue weighted by Crippen LogP contribution is 2.50. The van der Waals surface area contributed by atoms with Crippen molar-refractivity contribution in [2.75, 3.05) is 0 Å². The topological polar surface area (TPSA) is 37.3 Å². The second-order valence-electron chi connectivity index (χ2n) is 4.60. The molecule has 1 unspecified atom stereocenters. The Bertz CT molecular complexity index is 395. The van der Waals surface area contributed by atoms with Crippen LogP contribution in [0.25, 0.3) is 0 Å². The second-order valence-corrected chi connectivity index (χ2v) is 6.13. The van der Waals surface area contributed by atoms with E-state index in [4.69, 9.17) is 0 Å². The van der Waals surface area contributed by atoms with Gasteiger partial charge in [0.05, 0.1) is 0 Å². The lowest BCUT2D eigenvalue weighted by atomic mass is 10.1. The van der Waals surface area contributed by atoms with Crippen molar-refractivity contribution in [2.24, 2.45) is 5.92 Å². The van der Waals surface area contributed by atoms with E-state index in [9.17, 15) is 9.90 Å². The van der Waals surface area contributed by atoms with E-state index >= 15 is 0 Å². The predicted molar refractivity (Wildman–Crippen MR) is 65.8 cm³/mol. The van der Waals surface area contributed by atoms with Crippen LogP contribution < -0.4 is 0 Å². The summed E-state index contributed by atoms with van der Waals surface area (Å²) in [5, 5.41) is 9.34. The minimum absolute atomic E-state index is 0.330. The molecule has 0 bridgehead atoms. The van der Waals surface area contributed by atoms with Crippen LogP contribution in [0.3, 0.4) is 0 Å². The molecule has 0 saturated heterocycles. The lowest BCUT2D eigenvalue weighted by Crippen LogP contribution is -2.33. The van der Waals surface area contributed by atoms with Crippen LogP contribution in [0.5, 0.6) is 0 Å². The maximum atomic E-state index is 11.4. The van der Waals surface area contributed by atoms with Gasteiger partial charge in [0.25, 0.3) is 0 Å². The van der Waals surface area contributed by atoms with E-state index < -0.39 is 10.7 Å². The number of hydrogen-bond donors (Lipinski definition) is 1. The van der Waals surface area contributed by atoms with Gasteiger partial charge in [0.2, 0.25) is 0 Å². The minimum atomic E-state index is -0.694. The Morgan fingerprint density at radius 2 is 1.94 bits per heavy atom. The van der Waals surface area contributed by atoms with Gasteiger partial charge in [-0.25, -0.2) is 0 Å². The zero-order valence-corrected chi connectivity index (χ0v) is 10.4. The zero-order chi connectivity index (χ0) is 11.8. The molecule has 3 heteroatoms. The first-order chi connectivity index (χ1) is 7.52. The largest absolute Gasteiger partial charge is 0.480 e. The fourth-order valence-corrected chi connectivity index (χ4v) is 3.04. The average Bonchev–Trinajstić information content (AvgIpc) is 3.04. The summed E-state index contributed by atoms with van der Waals surface area (Å²) < 4.78 is -0.657. The molecule has 1 saturated carbocycles. The number of benzene rings is 1. The van der Waals surface area contributed by atoms with Crippen molar-refractivity contribution in [3.8, 4) is 0 Å². The number of aryl methyl sites for hydroxylation is 1. The van der Waals surface area contributed by atoms with Crippen molar-refractivity contribution in [3.63, 3.8) is 0 Å². The van der Waals surface area contributed by atoms with Gasteiger partial charge in [-0.2, -0.15) is 0 Å². The summed E-state index contributed by atoms with van der Waals surface area (Å²) >= 11 is 1.48. The summed E-state index contributed by atoms with van der Waals surface area (Å²) in [5.41, 5.74) is 1.20. The Labute approximate surface area is 100 Å². The smallest absolute Gasteiger partial charge is 0.320 e. The number of hydrogen-bond acceptors (Lipinski definition) is 2. The van der Waals surface area contributed by atoms with Gasteiger partial charge < -0.3 is 5.11 Å². The van der Waals surface area contributed by atoms with Crippen LogP contribution in [-0.2, 0) is 4.79 Å². The van der Waals surface area contributed by atoms with E-state index in [1.807, 2.05) is 38.1 Å². The van der Waals surface area contributed by atoms with Crippen LogP contribution in [0.1, 0.15) is 25.3 Å². The zero-order valence-electron chi connectivity index (χ0n) is 9.56. The van der Waals surface area contributed by atoms with Crippen LogP contribution in [0.15, 0.2) is 29.2 Å². The molecule has 1 aromatic rings. The number of carboxylic acids is 1. The molecule has 86 valence electrons. The maximum Gasteiger partial charge on any atom is 0.320 e. The Morgan fingerprint density at radius 1 is 1.38 bits per heavy atom. The molecule has 1 fully saturated rings. The number of carbonyl (C=O) groups is 1. The van der Waals surface area contributed by atoms with Gasteiger partial charge in [-0.1, -0.05) is 17.7 Å². The van der Waals surface area contributed by atoms with Gasteiger partial charge in [0.15, 0.2) is 0 Å². The summed E-state index contributed by atoms with van der Waals surface area (Å²) in [6.07, 6.45) is 2.09. The summed E-state index contributed by atoms with van der Waals surface area (Å²) in [5.74, 6) is -0.364. The van der Waals surface area contributed by atoms with Gasteiger partial charge in [0, 0.05) is 4.90 Å². The molecule has 0 aromatic heterocycles. The number of aliphatic carboxylic acids is 1. The standard InChI is InChI=1S/C13H16O2S/c1-9-3-7-11(8-4-9)16-13(2,12(14)15)10-5-6-10/h3-4,7-8,10H,5-6H2,1-2H3,(H,14,15). The van der Waals surface area contributed by atoms with Gasteiger partial charge in [-0.3, -0.25) is 4.79 Å². The van der Waals surface area contributed by atoms with E-state index in [1.54, 1.807) is 0 Å². The third-order valence-electron chi connectivity index (χ3n) is 3.13. The summed E-state index contributed by atoms with van der Waals surface area (Å²) in [7, 11) is 0. The van der Waals surface area contributed by atoms with Crippen molar-refractivity contribution in [2.45, 2.75) is 36.3 Å². The summed E-state index contributed by atoms with van der Waals surface area (Å²) in [6, 6.07) is 8.06. The first kappa shape index (κ1) is 11.5. The average molecular weight is 236 g/mol. The van der Waals surface area contributed by atoms with Crippen molar-refractivity contribution < 1.29 is 9.90 Å². The molecule has 1 aliphatic rings. The number of carboxylic acid groups (broad SMARTS) is 1. The molecule has 1 aliphatic carbocycles. The molecule has 16 heavy (non-hydrogen) atoms. The quantitative estimate of drug-likeness (QED) is 0.815. The van der Waals surface area contributed by atoms with Crippen molar-refractivity contribution in [1.82, 2.24) is 0 Å².